The molecule has 0 aromatic carbocycles. The van der Waals surface area contributed by atoms with Crippen LogP contribution < -0.4 is 0 Å². The van der Waals surface area contributed by atoms with E-state index in [9.17, 15) is 0 Å². The van der Waals surface area contributed by atoms with Crippen molar-refractivity contribution in [2.75, 3.05) is 13.2 Å². The predicted molar refractivity (Wildman–Crippen MR) is 70.1 cm³/mol. The van der Waals surface area contributed by atoms with Crippen LogP contribution in [0.1, 0.15) is 41.0 Å². The second-order valence-electron chi connectivity index (χ2n) is 4.33. The Hall–Kier alpha value is 0.0169. The first-order valence-corrected chi connectivity index (χ1v) is 8.76. The Morgan fingerprint density at radius 2 is 1.72 bits per heavy atom. The van der Waals surface area contributed by atoms with E-state index in [1.54, 1.807) is 0 Å². The van der Waals surface area contributed by atoms with Gasteiger partial charge in [-0.15, -0.1) is 0 Å². The predicted octanol–water partition coefficient (Wildman–Crippen LogP) is 2.53. The number of ether oxygens (including phenoxy) is 2. The number of hydrogen-bond donors (Lipinski definition) is 0. The summed E-state index contributed by atoms with van der Waals surface area (Å²) in [6, 6.07) is 0.809. The fourth-order valence-electron chi connectivity index (χ4n) is 1.84. The van der Waals surface area contributed by atoms with E-state index in [1.807, 2.05) is 27.7 Å². The molecule has 0 aromatic heterocycles. The van der Waals surface area contributed by atoms with Gasteiger partial charge >= 0.3 is 8.80 Å². The minimum Gasteiger partial charge on any atom is -0.374 e. The van der Waals surface area contributed by atoms with Gasteiger partial charge in [-0.05, 0) is 27.7 Å². The van der Waals surface area contributed by atoms with Gasteiger partial charge in [-0.1, -0.05) is 13.3 Å². The molecule has 0 aliphatic carbocycles. The van der Waals surface area contributed by atoms with Gasteiger partial charge in [0.25, 0.3) is 0 Å². The van der Waals surface area contributed by atoms with Crippen LogP contribution in [-0.2, 0) is 22.8 Å². The van der Waals surface area contributed by atoms with E-state index >= 15 is 0 Å². The molecule has 0 amide bonds. The SMILES string of the molecule is CCC[Si](OCC)(OCC)OC(C)OC1OC1C. The molecule has 1 heterocycles. The highest BCUT2D eigenvalue weighted by molar-refractivity contribution is 6.60. The minimum absolute atomic E-state index is 0.142. The van der Waals surface area contributed by atoms with Crippen molar-refractivity contribution in [3.05, 3.63) is 0 Å². The van der Waals surface area contributed by atoms with Gasteiger partial charge in [-0.3, -0.25) is 0 Å². The maximum atomic E-state index is 5.95. The van der Waals surface area contributed by atoms with Gasteiger partial charge in [0.2, 0.25) is 0 Å². The highest BCUT2D eigenvalue weighted by Crippen LogP contribution is 2.26. The molecule has 1 aliphatic rings. The molecule has 3 atom stereocenters. The van der Waals surface area contributed by atoms with E-state index < -0.39 is 8.80 Å². The minimum atomic E-state index is -2.60. The molecule has 0 spiro atoms. The van der Waals surface area contributed by atoms with Gasteiger partial charge in [0.05, 0.1) is 0 Å². The first-order valence-electron chi connectivity index (χ1n) is 6.83. The summed E-state index contributed by atoms with van der Waals surface area (Å²) in [5.74, 6) is 0. The zero-order chi connectivity index (χ0) is 13.6. The molecule has 0 N–H and O–H groups in total. The highest BCUT2D eigenvalue weighted by atomic mass is 28.4. The molecule has 0 saturated carbocycles. The molecule has 1 saturated heterocycles. The summed E-state index contributed by atoms with van der Waals surface area (Å²) < 4.78 is 28.3. The zero-order valence-electron chi connectivity index (χ0n) is 12.1. The first kappa shape index (κ1) is 16.1. The van der Waals surface area contributed by atoms with Crippen molar-refractivity contribution in [1.82, 2.24) is 0 Å². The van der Waals surface area contributed by atoms with E-state index in [2.05, 4.69) is 6.92 Å². The molecule has 6 heteroatoms. The van der Waals surface area contributed by atoms with E-state index in [4.69, 9.17) is 22.8 Å². The number of rotatable bonds is 10. The van der Waals surface area contributed by atoms with Crippen molar-refractivity contribution < 1.29 is 22.8 Å². The summed E-state index contributed by atoms with van der Waals surface area (Å²) in [5, 5.41) is 0. The molecular formula is C12H26O5Si. The molecule has 1 rings (SSSR count). The van der Waals surface area contributed by atoms with Crippen molar-refractivity contribution >= 4 is 8.80 Å². The van der Waals surface area contributed by atoms with Crippen LogP contribution in [0.5, 0.6) is 0 Å². The van der Waals surface area contributed by atoms with Crippen LogP contribution in [-0.4, -0.2) is 40.7 Å². The third-order valence-electron chi connectivity index (χ3n) is 2.61. The van der Waals surface area contributed by atoms with E-state index in [0.29, 0.717) is 13.2 Å². The fourth-order valence-corrected chi connectivity index (χ4v) is 4.52. The van der Waals surface area contributed by atoms with Crippen LogP contribution in [0.3, 0.4) is 0 Å². The van der Waals surface area contributed by atoms with Gasteiger partial charge in [0.15, 0.2) is 12.6 Å². The van der Waals surface area contributed by atoms with Gasteiger partial charge in [-0.2, -0.15) is 0 Å². The first-order chi connectivity index (χ1) is 8.56. The van der Waals surface area contributed by atoms with Crippen LogP contribution in [0.25, 0.3) is 0 Å². The molecule has 108 valence electrons. The van der Waals surface area contributed by atoms with Crippen molar-refractivity contribution in [3.8, 4) is 0 Å². The smallest absolute Gasteiger partial charge is 0.374 e. The summed E-state index contributed by atoms with van der Waals surface area (Å²) in [7, 11) is -2.60. The molecule has 5 nitrogen and oxygen atoms in total. The maximum Gasteiger partial charge on any atom is 0.502 e. The van der Waals surface area contributed by atoms with E-state index in [0.717, 1.165) is 12.5 Å². The van der Waals surface area contributed by atoms with Crippen LogP contribution in [0.15, 0.2) is 0 Å². The zero-order valence-corrected chi connectivity index (χ0v) is 13.1. The lowest BCUT2D eigenvalue weighted by atomic mass is 10.5. The quantitative estimate of drug-likeness (QED) is 0.349. The Morgan fingerprint density at radius 1 is 1.17 bits per heavy atom. The Bertz CT molecular complexity index is 221. The summed E-state index contributed by atoms with van der Waals surface area (Å²) in [6.45, 7) is 11.0. The number of epoxide rings is 1. The topological polar surface area (TPSA) is 49.5 Å². The molecule has 1 aliphatic heterocycles. The second-order valence-corrected chi connectivity index (χ2v) is 7.01. The Balaban J connectivity index is 2.50. The van der Waals surface area contributed by atoms with Crippen LogP contribution in [0, 0.1) is 0 Å². The van der Waals surface area contributed by atoms with Crippen molar-refractivity contribution in [1.29, 1.82) is 0 Å². The Kier molecular flexibility index (Phi) is 6.76. The van der Waals surface area contributed by atoms with E-state index in [1.165, 1.54) is 0 Å². The molecular weight excluding hydrogens is 252 g/mol. The third kappa shape index (κ3) is 4.95. The fraction of sp³-hybridized carbons (Fsp3) is 1.00. The number of hydrogen-bond acceptors (Lipinski definition) is 5. The summed E-state index contributed by atoms with van der Waals surface area (Å²) >= 11 is 0. The second kappa shape index (κ2) is 7.57. The lowest BCUT2D eigenvalue weighted by Gasteiger charge is -2.31. The van der Waals surface area contributed by atoms with Gasteiger partial charge < -0.3 is 22.8 Å². The molecule has 1 fully saturated rings. The Morgan fingerprint density at radius 3 is 2.11 bits per heavy atom. The van der Waals surface area contributed by atoms with Crippen molar-refractivity contribution in [2.24, 2.45) is 0 Å². The standard InChI is InChI=1S/C12H26O5Si/c1-6-9-18(13-7-2,14-8-3)17-11(5)16-12-10(4)15-12/h10-12H,6-9H2,1-5H3. The molecule has 0 aromatic rings. The average molecular weight is 278 g/mol. The largest absolute Gasteiger partial charge is 0.502 e. The lowest BCUT2D eigenvalue weighted by Crippen LogP contribution is -2.48. The Labute approximate surface area is 111 Å². The third-order valence-corrected chi connectivity index (χ3v) is 5.87. The van der Waals surface area contributed by atoms with Crippen LogP contribution >= 0.6 is 0 Å². The molecule has 18 heavy (non-hydrogen) atoms. The maximum absolute atomic E-state index is 5.95. The van der Waals surface area contributed by atoms with Crippen molar-refractivity contribution in [2.45, 2.75) is 65.8 Å². The van der Waals surface area contributed by atoms with Gasteiger partial charge in [0.1, 0.15) is 6.10 Å². The average Bonchev–Trinajstić information content (AvgIpc) is 2.94. The van der Waals surface area contributed by atoms with Crippen LogP contribution in [0.2, 0.25) is 6.04 Å². The summed E-state index contributed by atoms with van der Waals surface area (Å²) in [6.07, 6.45) is 0.625. The monoisotopic (exact) mass is 278 g/mol. The summed E-state index contributed by atoms with van der Waals surface area (Å²) in [5.41, 5.74) is 0. The van der Waals surface area contributed by atoms with E-state index in [-0.39, 0.29) is 18.7 Å². The van der Waals surface area contributed by atoms with Crippen molar-refractivity contribution in [3.63, 3.8) is 0 Å². The molecule has 3 unspecified atom stereocenters. The van der Waals surface area contributed by atoms with Gasteiger partial charge in [0, 0.05) is 19.3 Å². The summed E-state index contributed by atoms with van der Waals surface area (Å²) in [4.78, 5) is 0. The highest BCUT2D eigenvalue weighted by Gasteiger charge is 2.44. The lowest BCUT2D eigenvalue weighted by molar-refractivity contribution is -0.136. The van der Waals surface area contributed by atoms with Gasteiger partial charge in [-0.25, -0.2) is 0 Å². The normalized spacial score (nSPS) is 25.2. The molecule has 0 bridgehead atoms. The molecule has 0 radical (unpaired) electrons. The van der Waals surface area contributed by atoms with Crippen LogP contribution in [0.4, 0.5) is 0 Å².